The first-order chi connectivity index (χ1) is 12.2. The number of guanidine groups is 1. The molecule has 1 fully saturated rings. The van der Waals surface area contributed by atoms with Crippen molar-refractivity contribution in [3.63, 3.8) is 0 Å². The molecule has 140 valence electrons. The molecule has 25 heavy (non-hydrogen) atoms. The van der Waals surface area contributed by atoms with E-state index >= 15 is 0 Å². The fraction of sp³-hybridized carbons (Fsp3) is 0.650. The number of rotatable bonds is 9. The van der Waals surface area contributed by atoms with E-state index in [0.717, 1.165) is 50.9 Å². The Bertz CT molecular complexity index is 504. The molecule has 1 aromatic rings. The Balaban J connectivity index is 1.75. The van der Waals surface area contributed by atoms with Crippen LogP contribution < -0.4 is 5.32 Å². The third kappa shape index (κ3) is 7.20. The van der Waals surface area contributed by atoms with Crippen LogP contribution in [0.25, 0.3) is 0 Å². The van der Waals surface area contributed by atoms with Gasteiger partial charge in [0.25, 0.3) is 0 Å². The molecule has 0 radical (unpaired) electrons. The predicted molar refractivity (Wildman–Crippen MR) is 110 cm³/mol. The number of nitrogens with zero attached hydrogens (tertiary/aromatic N) is 3. The average Bonchev–Trinajstić information content (AvgIpc) is 3.13. The van der Waals surface area contributed by atoms with Crippen molar-refractivity contribution in [2.24, 2.45) is 10.9 Å². The zero-order valence-corrected chi connectivity index (χ0v) is 16.7. The molecule has 1 aliphatic heterocycles. The van der Waals surface area contributed by atoms with E-state index in [4.69, 9.17) is 4.99 Å². The zero-order valence-electron chi connectivity index (χ0n) is 15.9. The summed E-state index contributed by atoms with van der Waals surface area (Å²) in [4.78, 5) is 11.2. The lowest BCUT2D eigenvalue weighted by atomic mass is 9.97. The molecule has 0 amide bonds. The molecule has 2 heterocycles. The highest BCUT2D eigenvalue weighted by atomic mass is 32.1. The van der Waals surface area contributed by atoms with Gasteiger partial charge in [0.15, 0.2) is 5.96 Å². The minimum atomic E-state index is 0.717. The van der Waals surface area contributed by atoms with Gasteiger partial charge in [-0.25, -0.2) is 0 Å². The first-order valence-corrected chi connectivity index (χ1v) is 10.5. The lowest BCUT2D eigenvalue weighted by Crippen LogP contribution is -2.40. The van der Waals surface area contributed by atoms with Gasteiger partial charge in [0.05, 0.1) is 0 Å². The maximum atomic E-state index is 4.91. The van der Waals surface area contributed by atoms with Gasteiger partial charge in [-0.05, 0) is 63.1 Å². The normalized spacial score (nSPS) is 16.8. The first kappa shape index (κ1) is 20.0. The second-order valence-electron chi connectivity index (χ2n) is 6.85. The molecule has 5 heteroatoms. The average molecular weight is 363 g/mol. The van der Waals surface area contributed by atoms with Crippen molar-refractivity contribution >= 4 is 17.3 Å². The summed E-state index contributed by atoms with van der Waals surface area (Å²) in [5.41, 5.74) is 0. The van der Waals surface area contributed by atoms with Crippen molar-refractivity contribution in [2.75, 3.05) is 39.8 Å². The van der Waals surface area contributed by atoms with Crippen molar-refractivity contribution in [2.45, 2.75) is 39.2 Å². The molecule has 0 aromatic carbocycles. The number of hydrogen-bond acceptors (Lipinski definition) is 3. The summed E-state index contributed by atoms with van der Waals surface area (Å²) in [5, 5.41) is 5.60. The van der Waals surface area contributed by atoms with E-state index in [0.29, 0.717) is 0 Å². The van der Waals surface area contributed by atoms with E-state index in [1.807, 2.05) is 17.4 Å². The van der Waals surface area contributed by atoms with Crippen LogP contribution >= 0.6 is 11.3 Å². The van der Waals surface area contributed by atoms with Gasteiger partial charge < -0.3 is 10.2 Å². The molecule has 2 rings (SSSR count). The number of aliphatic imine (C=N–C) groups is 1. The first-order valence-electron chi connectivity index (χ1n) is 9.58. The Kier molecular flexibility index (Phi) is 9.05. The highest BCUT2D eigenvalue weighted by Crippen LogP contribution is 2.21. The maximum Gasteiger partial charge on any atom is 0.193 e. The largest absolute Gasteiger partial charge is 0.357 e. The summed E-state index contributed by atoms with van der Waals surface area (Å²) in [6.45, 7) is 12.3. The fourth-order valence-electron chi connectivity index (χ4n) is 3.21. The van der Waals surface area contributed by atoms with Crippen LogP contribution in [-0.4, -0.2) is 55.5 Å². The number of nitrogens with one attached hydrogen (secondary N) is 1. The minimum Gasteiger partial charge on any atom is -0.357 e. The van der Waals surface area contributed by atoms with Crippen LogP contribution in [-0.2, 0) is 6.54 Å². The van der Waals surface area contributed by atoms with Gasteiger partial charge in [0, 0.05) is 38.1 Å². The van der Waals surface area contributed by atoms with E-state index in [1.165, 1.54) is 30.8 Å². The van der Waals surface area contributed by atoms with Gasteiger partial charge in [0.1, 0.15) is 0 Å². The molecule has 1 N–H and O–H groups in total. The van der Waals surface area contributed by atoms with Crippen molar-refractivity contribution in [3.05, 3.63) is 35.0 Å². The number of hydrogen-bond donors (Lipinski definition) is 1. The number of allylic oxidation sites excluding steroid dienone is 1. The van der Waals surface area contributed by atoms with Crippen LogP contribution in [0.1, 0.15) is 37.5 Å². The van der Waals surface area contributed by atoms with Crippen LogP contribution in [0.4, 0.5) is 0 Å². The smallest absolute Gasteiger partial charge is 0.193 e. The summed E-state index contributed by atoms with van der Waals surface area (Å²) >= 11 is 1.86. The van der Waals surface area contributed by atoms with Gasteiger partial charge in [-0.1, -0.05) is 12.1 Å². The third-order valence-electron chi connectivity index (χ3n) is 4.76. The van der Waals surface area contributed by atoms with Crippen molar-refractivity contribution in [1.82, 2.24) is 15.1 Å². The molecule has 0 aliphatic carbocycles. The monoisotopic (exact) mass is 362 g/mol. The van der Waals surface area contributed by atoms with Crippen molar-refractivity contribution in [3.8, 4) is 0 Å². The zero-order chi connectivity index (χ0) is 17.9. The SMILES string of the molecule is C=CCCCN(C)C(=NCC1CCN(Cc2cccs2)CC1)NCC. The minimum absolute atomic E-state index is 0.717. The lowest BCUT2D eigenvalue weighted by Gasteiger charge is -2.31. The molecule has 0 bridgehead atoms. The number of piperidine rings is 1. The third-order valence-corrected chi connectivity index (χ3v) is 5.63. The predicted octanol–water partition coefficient (Wildman–Crippen LogP) is 3.82. The standard InChI is InChI=1S/C20H34N4S/c1-4-6-7-12-23(3)20(21-5-2)22-16-18-10-13-24(14-11-18)17-19-9-8-15-25-19/h4,8-9,15,18H,1,5-7,10-14,16-17H2,2-3H3,(H,21,22). The second-order valence-corrected chi connectivity index (χ2v) is 7.88. The highest BCUT2D eigenvalue weighted by Gasteiger charge is 2.19. The summed E-state index contributed by atoms with van der Waals surface area (Å²) < 4.78 is 0. The Morgan fingerprint density at radius 1 is 1.48 bits per heavy atom. The molecule has 0 atom stereocenters. The molecule has 1 aromatic heterocycles. The molecular formula is C20H34N4S. The summed E-state index contributed by atoms with van der Waals surface area (Å²) in [6, 6.07) is 4.39. The quantitative estimate of drug-likeness (QED) is 0.313. The Morgan fingerprint density at radius 2 is 2.28 bits per heavy atom. The van der Waals surface area contributed by atoms with Gasteiger partial charge in [-0.3, -0.25) is 9.89 Å². The molecule has 0 saturated carbocycles. The summed E-state index contributed by atoms with van der Waals surface area (Å²) in [5.74, 6) is 1.77. The van der Waals surface area contributed by atoms with Gasteiger partial charge in [0.2, 0.25) is 0 Å². The Labute approximate surface area is 157 Å². The van der Waals surface area contributed by atoms with Crippen LogP contribution in [0, 0.1) is 5.92 Å². The van der Waals surface area contributed by atoms with Crippen molar-refractivity contribution in [1.29, 1.82) is 0 Å². The summed E-state index contributed by atoms with van der Waals surface area (Å²) in [7, 11) is 2.13. The number of thiophene rings is 1. The van der Waals surface area contributed by atoms with E-state index in [-0.39, 0.29) is 0 Å². The molecule has 1 aliphatic rings. The second kappa shape index (κ2) is 11.3. The molecule has 4 nitrogen and oxygen atoms in total. The van der Waals surface area contributed by atoms with Gasteiger partial charge >= 0.3 is 0 Å². The fourth-order valence-corrected chi connectivity index (χ4v) is 3.96. The van der Waals surface area contributed by atoms with Crippen LogP contribution in [0.15, 0.2) is 35.2 Å². The maximum absolute atomic E-state index is 4.91. The van der Waals surface area contributed by atoms with Crippen LogP contribution in [0.3, 0.4) is 0 Å². The van der Waals surface area contributed by atoms with Crippen molar-refractivity contribution < 1.29 is 0 Å². The lowest BCUT2D eigenvalue weighted by molar-refractivity contribution is 0.182. The molecule has 0 spiro atoms. The van der Waals surface area contributed by atoms with Gasteiger partial charge in [-0.2, -0.15) is 0 Å². The molecule has 1 saturated heterocycles. The van der Waals surface area contributed by atoms with E-state index in [1.54, 1.807) is 0 Å². The Hall–Kier alpha value is -1.33. The van der Waals surface area contributed by atoms with E-state index in [9.17, 15) is 0 Å². The van der Waals surface area contributed by atoms with Crippen LogP contribution in [0.2, 0.25) is 0 Å². The molecular weight excluding hydrogens is 328 g/mol. The number of unbranched alkanes of at least 4 members (excludes halogenated alkanes) is 1. The highest BCUT2D eigenvalue weighted by molar-refractivity contribution is 7.09. The molecule has 0 unspecified atom stereocenters. The van der Waals surface area contributed by atoms with Gasteiger partial charge in [-0.15, -0.1) is 17.9 Å². The van der Waals surface area contributed by atoms with E-state index < -0.39 is 0 Å². The van der Waals surface area contributed by atoms with E-state index in [2.05, 4.69) is 53.2 Å². The topological polar surface area (TPSA) is 30.9 Å². The Morgan fingerprint density at radius 3 is 2.92 bits per heavy atom. The summed E-state index contributed by atoms with van der Waals surface area (Å²) in [6.07, 6.45) is 6.70. The van der Waals surface area contributed by atoms with Crippen LogP contribution in [0.5, 0.6) is 0 Å². The number of likely N-dealkylation sites (tertiary alicyclic amines) is 1.